The number of rotatable bonds is 6. The average molecular weight is 789 g/mol. The van der Waals surface area contributed by atoms with Crippen LogP contribution in [0.4, 0.5) is 0 Å². The Bertz CT molecular complexity index is 2810. The van der Waals surface area contributed by atoms with Crippen molar-refractivity contribution in [1.82, 2.24) is 9.97 Å². The molecule has 0 saturated carbocycles. The van der Waals surface area contributed by atoms with E-state index in [-0.39, 0.29) is 16.2 Å². The molecular weight excluding hydrogens is 729 g/mol. The highest BCUT2D eigenvalue weighted by Gasteiger charge is 2.24. The van der Waals surface area contributed by atoms with Gasteiger partial charge in [0.05, 0.1) is 24.0 Å². The van der Waals surface area contributed by atoms with E-state index in [1.54, 1.807) is 7.11 Å². The summed E-state index contributed by atoms with van der Waals surface area (Å²) < 4.78 is 5.94. The number of aromatic nitrogens is 2. The van der Waals surface area contributed by atoms with Crippen molar-refractivity contribution < 1.29 is 4.74 Å². The van der Waals surface area contributed by atoms with Crippen LogP contribution in [-0.2, 0) is 16.2 Å². The molecule has 0 fully saturated rings. The third-order valence-electron chi connectivity index (χ3n) is 12.1. The van der Waals surface area contributed by atoms with Crippen LogP contribution in [0.25, 0.3) is 66.6 Å². The van der Waals surface area contributed by atoms with Gasteiger partial charge in [0.2, 0.25) is 0 Å². The van der Waals surface area contributed by atoms with Crippen LogP contribution in [0, 0.1) is 5.92 Å². The van der Waals surface area contributed by atoms with Gasteiger partial charge in [-0.15, -0.1) is 0 Å². The molecule has 1 unspecified atom stereocenters. The summed E-state index contributed by atoms with van der Waals surface area (Å²) in [5, 5.41) is 2.49. The summed E-state index contributed by atoms with van der Waals surface area (Å²) in [6.07, 6.45) is 10.5. The van der Waals surface area contributed by atoms with Gasteiger partial charge >= 0.3 is 0 Å². The highest BCUT2D eigenvalue weighted by Crippen LogP contribution is 2.41. The Balaban J connectivity index is 1.35. The molecule has 304 valence electrons. The zero-order valence-corrected chi connectivity index (χ0v) is 37.4. The molecule has 1 aliphatic rings. The minimum absolute atomic E-state index is 0.0163. The summed E-state index contributed by atoms with van der Waals surface area (Å²) in [6.45, 7) is 23.0. The topological polar surface area (TPSA) is 37.9 Å². The summed E-state index contributed by atoms with van der Waals surface area (Å²) >= 11 is 0. The predicted octanol–water partition coefficient (Wildman–Crippen LogP) is 15.7. The molecule has 0 aliphatic heterocycles. The summed E-state index contributed by atoms with van der Waals surface area (Å²) in [5.41, 5.74) is 17.1. The number of hydrogen-bond acceptors (Lipinski definition) is 2. The largest absolute Gasteiger partial charge is 0.496 e. The molecule has 3 nitrogen and oxygen atoms in total. The number of benzene rings is 5. The number of H-pyrrole nitrogens is 1. The molecule has 5 aromatic carbocycles. The van der Waals surface area contributed by atoms with E-state index in [1.807, 2.05) is 12.1 Å². The van der Waals surface area contributed by atoms with Crippen LogP contribution >= 0.6 is 0 Å². The predicted molar refractivity (Wildman–Crippen MR) is 258 cm³/mol. The summed E-state index contributed by atoms with van der Waals surface area (Å²) in [7, 11) is 1.74. The first-order chi connectivity index (χ1) is 28.5. The van der Waals surface area contributed by atoms with Gasteiger partial charge in [0.15, 0.2) is 0 Å². The Morgan fingerprint density at radius 1 is 0.567 bits per heavy atom. The molecule has 0 radical (unpaired) electrons. The maximum absolute atomic E-state index is 5.94. The molecule has 1 N–H and O–H groups in total. The van der Waals surface area contributed by atoms with E-state index in [9.17, 15) is 0 Å². The molecular formula is C57H60N2O. The number of allylic oxidation sites excluding steroid dienone is 6. The number of hydrogen-bond donors (Lipinski definition) is 1. The van der Waals surface area contributed by atoms with Gasteiger partial charge in [0.1, 0.15) is 5.75 Å². The van der Waals surface area contributed by atoms with Crippen molar-refractivity contribution in [3.8, 4) is 39.4 Å². The van der Waals surface area contributed by atoms with Gasteiger partial charge < -0.3 is 9.72 Å². The van der Waals surface area contributed by atoms with Crippen molar-refractivity contribution in [3.63, 3.8) is 0 Å². The Hall–Kier alpha value is -5.93. The van der Waals surface area contributed by atoms with Gasteiger partial charge in [-0.2, -0.15) is 0 Å². The van der Waals surface area contributed by atoms with Gasteiger partial charge in [-0.1, -0.05) is 160 Å². The number of aromatic amines is 1. The fourth-order valence-corrected chi connectivity index (χ4v) is 8.29. The van der Waals surface area contributed by atoms with Crippen molar-refractivity contribution in [2.75, 3.05) is 7.11 Å². The second kappa shape index (κ2) is 15.6. The fraction of sp³-hybridized carbons (Fsp3) is 0.281. The van der Waals surface area contributed by atoms with E-state index in [0.717, 1.165) is 45.8 Å². The lowest BCUT2D eigenvalue weighted by atomic mass is 9.78. The molecule has 0 amide bonds. The van der Waals surface area contributed by atoms with Crippen molar-refractivity contribution in [2.45, 2.75) is 91.9 Å². The second-order valence-corrected chi connectivity index (χ2v) is 19.9. The minimum atomic E-state index is -0.103. The van der Waals surface area contributed by atoms with Crippen molar-refractivity contribution in [1.29, 1.82) is 0 Å². The number of methoxy groups -OCH3 is 1. The lowest BCUT2D eigenvalue weighted by Gasteiger charge is -2.26. The summed E-state index contributed by atoms with van der Waals surface area (Å²) in [4.78, 5) is 9.26. The molecule has 3 heteroatoms. The molecule has 1 atom stereocenters. The first-order valence-corrected chi connectivity index (χ1v) is 21.5. The Labute approximate surface area is 358 Å². The van der Waals surface area contributed by atoms with Gasteiger partial charge in [-0.25, -0.2) is 4.98 Å². The van der Waals surface area contributed by atoms with Gasteiger partial charge in [0.25, 0.3) is 0 Å². The zero-order chi connectivity index (χ0) is 42.6. The molecule has 0 saturated heterocycles. The highest BCUT2D eigenvalue weighted by atomic mass is 16.5. The van der Waals surface area contributed by atoms with Crippen molar-refractivity contribution in [3.05, 3.63) is 167 Å². The SMILES string of the molecule is COc1ccccc1-c1cc(-c2cc(C(C)(C)C)cc(C(C)(C)C)c2)cc(-c2cc(C3=CCC(C)/C=C/C(c4cccc5c4[nH]c4ccccc45)=C3)cc(C(C)(C)C)c2)n1. The smallest absolute Gasteiger partial charge is 0.128 e. The van der Waals surface area contributed by atoms with Crippen molar-refractivity contribution in [2.24, 2.45) is 5.92 Å². The van der Waals surface area contributed by atoms with E-state index < -0.39 is 0 Å². The molecule has 2 aromatic heterocycles. The maximum atomic E-state index is 5.94. The Morgan fingerprint density at radius 2 is 1.15 bits per heavy atom. The van der Waals surface area contributed by atoms with Gasteiger partial charge in [-0.3, -0.25) is 0 Å². The number of pyridine rings is 1. The van der Waals surface area contributed by atoms with Crippen LogP contribution in [0.15, 0.2) is 140 Å². The number of nitrogens with one attached hydrogen (secondary N) is 1. The summed E-state index contributed by atoms with van der Waals surface area (Å²) in [5.74, 6) is 1.19. The number of ether oxygens (including phenoxy) is 1. The molecule has 0 bridgehead atoms. The zero-order valence-electron chi connectivity index (χ0n) is 37.4. The minimum Gasteiger partial charge on any atom is -0.496 e. The molecule has 60 heavy (non-hydrogen) atoms. The molecule has 1 aliphatic carbocycles. The lowest BCUT2D eigenvalue weighted by molar-refractivity contribution is 0.416. The Morgan fingerprint density at radius 3 is 1.87 bits per heavy atom. The second-order valence-electron chi connectivity index (χ2n) is 19.9. The third kappa shape index (κ3) is 8.28. The Kier molecular flexibility index (Phi) is 10.6. The monoisotopic (exact) mass is 788 g/mol. The fourth-order valence-electron chi connectivity index (χ4n) is 8.29. The maximum Gasteiger partial charge on any atom is 0.128 e. The molecule has 8 rings (SSSR count). The van der Waals surface area contributed by atoms with Crippen LogP contribution in [0.5, 0.6) is 5.75 Å². The quantitative estimate of drug-likeness (QED) is 0.182. The van der Waals surface area contributed by atoms with Gasteiger partial charge in [0, 0.05) is 33.0 Å². The third-order valence-corrected chi connectivity index (χ3v) is 12.1. The average Bonchev–Trinajstić information content (AvgIpc) is 3.60. The van der Waals surface area contributed by atoms with Crippen LogP contribution in [0.1, 0.15) is 103 Å². The lowest BCUT2D eigenvalue weighted by Crippen LogP contribution is -2.16. The molecule has 7 aromatic rings. The number of fused-ring (bicyclic) bond motifs is 3. The van der Waals surface area contributed by atoms with E-state index >= 15 is 0 Å². The van der Waals surface area contributed by atoms with Crippen LogP contribution in [0.3, 0.4) is 0 Å². The van der Waals surface area contributed by atoms with Crippen LogP contribution in [0.2, 0.25) is 0 Å². The first kappa shape index (κ1) is 40.8. The molecule has 2 heterocycles. The van der Waals surface area contributed by atoms with Crippen LogP contribution < -0.4 is 4.74 Å². The van der Waals surface area contributed by atoms with Gasteiger partial charge in [-0.05, 0) is 122 Å². The molecule has 0 spiro atoms. The standard InChI is InChI=1S/C57H60N2O/c1-36-23-25-37(27-38(26-24-36)46-19-16-20-48-47-17-12-14-21-50(47)59-54(46)48)39-28-42(32-43(29-39)55(2,3)4)51-33-41(34-52(58-51)49-18-13-15-22-53(49)60-11)40-30-44(56(5,6)7)35-45(31-40)57(8,9)10/h12-22,24-36,59H,23H2,1-11H3/b26-24+,37-25?,38-27?. The van der Waals surface area contributed by atoms with E-state index in [2.05, 4.69) is 202 Å². The first-order valence-electron chi connectivity index (χ1n) is 21.5. The van der Waals surface area contributed by atoms with E-state index in [0.29, 0.717) is 5.92 Å². The van der Waals surface area contributed by atoms with E-state index in [1.165, 1.54) is 60.8 Å². The highest BCUT2D eigenvalue weighted by molar-refractivity contribution is 6.11. The summed E-state index contributed by atoms with van der Waals surface area (Å²) in [6, 6.07) is 42.3. The normalized spacial score (nSPS) is 15.7. The van der Waals surface area contributed by atoms with E-state index in [4.69, 9.17) is 9.72 Å². The van der Waals surface area contributed by atoms with Crippen LogP contribution in [-0.4, -0.2) is 17.1 Å². The number of para-hydroxylation sites is 3. The number of nitrogens with zero attached hydrogens (tertiary/aromatic N) is 1. The van der Waals surface area contributed by atoms with Crippen molar-refractivity contribution >= 4 is 33.0 Å².